The third kappa shape index (κ3) is 10.2. The second-order valence-corrected chi connectivity index (χ2v) is 5.13. The normalized spacial score (nSPS) is 11.8. The molecule has 0 amide bonds. The lowest BCUT2D eigenvalue weighted by Crippen LogP contribution is -2.19. The Morgan fingerprint density at radius 1 is 1.17 bits per heavy atom. The standard InChI is InChI=1S/C7H16ClNO2S/c1-2-3-4-5-6-7-9-12(8,10)11/h9H,2-7H2,1H3. The highest BCUT2D eigenvalue weighted by molar-refractivity contribution is 8.12. The van der Waals surface area contributed by atoms with E-state index in [1.807, 2.05) is 0 Å². The molecule has 0 unspecified atom stereocenters. The first-order chi connectivity index (χ1) is 5.56. The first-order valence-corrected chi connectivity index (χ1v) is 6.56. The predicted octanol–water partition coefficient (Wildman–Crippen LogP) is 2.03. The van der Waals surface area contributed by atoms with E-state index in [2.05, 4.69) is 11.6 Å². The molecule has 0 aliphatic rings. The Balaban J connectivity index is 3.12. The zero-order valence-electron chi connectivity index (χ0n) is 7.35. The fraction of sp³-hybridized carbons (Fsp3) is 1.00. The van der Waals surface area contributed by atoms with Crippen molar-refractivity contribution in [1.82, 2.24) is 4.72 Å². The van der Waals surface area contributed by atoms with Crippen molar-refractivity contribution in [2.45, 2.75) is 39.0 Å². The molecule has 5 heteroatoms. The summed E-state index contributed by atoms with van der Waals surface area (Å²) in [6.07, 6.45) is 5.51. The van der Waals surface area contributed by atoms with Crippen molar-refractivity contribution in [3.05, 3.63) is 0 Å². The van der Waals surface area contributed by atoms with E-state index in [1.165, 1.54) is 19.3 Å². The Kier molecular flexibility index (Phi) is 6.80. The molecule has 0 aromatic heterocycles. The molecule has 12 heavy (non-hydrogen) atoms. The van der Waals surface area contributed by atoms with Crippen LogP contribution < -0.4 is 4.72 Å². The molecule has 0 heterocycles. The Morgan fingerprint density at radius 3 is 2.25 bits per heavy atom. The van der Waals surface area contributed by atoms with Crippen LogP contribution in [0.15, 0.2) is 0 Å². The van der Waals surface area contributed by atoms with Crippen LogP contribution in [0.25, 0.3) is 0 Å². The molecule has 0 radical (unpaired) electrons. The zero-order valence-corrected chi connectivity index (χ0v) is 8.92. The SMILES string of the molecule is CCCCCCCNS(=O)(=O)Cl. The van der Waals surface area contributed by atoms with Gasteiger partial charge >= 0.3 is 0 Å². The molecule has 0 atom stereocenters. The lowest BCUT2D eigenvalue weighted by Gasteiger charge is -1.99. The molecule has 3 nitrogen and oxygen atoms in total. The van der Waals surface area contributed by atoms with Crippen LogP contribution in [0.5, 0.6) is 0 Å². The third-order valence-corrected chi connectivity index (χ3v) is 2.43. The van der Waals surface area contributed by atoms with Gasteiger partial charge in [-0.15, -0.1) is 0 Å². The molecule has 0 aromatic carbocycles. The van der Waals surface area contributed by atoms with Crippen molar-refractivity contribution in [1.29, 1.82) is 0 Å². The highest BCUT2D eigenvalue weighted by atomic mass is 35.7. The molecule has 0 rings (SSSR count). The van der Waals surface area contributed by atoms with Gasteiger partial charge in [-0.25, -0.2) is 4.72 Å². The van der Waals surface area contributed by atoms with Gasteiger partial charge in [-0.3, -0.25) is 0 Å². The molecule has 0 fully saturated rings. The summed E-state index contributed by atoms with van der Waals surface area (Å²) in [7, 11) is 1.44. The average molecular weight is 214 g/mol. The quantitative estimate of drug-likeness (QED) is 0.520. The largest absolute Gasteiger partial charge is 0.297 e. The number of hydrogen-bond donors (Lipinski definition) is 1. The van der Waals surface area contributed by atoms with Gasteiger partial charge in [0, 0.05) is 17.2 Å². The molecule has 0 bridgehead atoms. The van der Waals surface area contributed by atoms with E-state index in [1.54, 1.807) is 0 Å². The van der Waals surface area contributed by atoms with Crippen LogP contribution >= 0.6 is 10.7 Å². The van der Waals surface area contributed by atoms with Gasteiger partial charge in [-0.1, -0.05) is 32.6 Å². The average Bonchev–Trinajstić information content (AvgIpc) is 1.94. The van der Waals surface area contributed by atoms with Gasteiger partial charge in [0.25, 0.3) is 9.24 Å². The Bertz CT molecular complexity index is 192. The van der Waals surface area contributed by atoms with Crippen LogP contribution in [-0.2, 0) is 9.24 Å². The summed E-state index contributed by atoms with van der Waals surface area (Å²) in [6.45, 7) is 2.59. The summed E-state index contributed by atoms with van der Waals surface area (Å²) in [5.74, 6) is 0. The predicted molar refractivity (Wildman–Crippen MR) is 51.5 cm³/mol. The maximum atomic E-state index is 10.4. The number of halogens is 1. The molecule has 0 spiro atoms. The molecule has 0 saturated carbocycles. The fourth-order valence-corrected chi connectivity index (χ4v) is 1.54. The van der Waals surface area contributed by atoms with E-state index < -0.39 is 9.24 Å². The topological polar surface area (TPSA) is 46.2 Å². The van der Waals surface area contributed by atoms with E-state index in [4.69, 9.17) is 10.7 Å². The third-order valence-electron chi connectivity index (χ3n) is 1.55. The minimum absolute atomic E-state index is 0.454. The van der Waals surface area contributed by atoms with Crippen molar-refractivity contribution < 1.29 is 8.42 Å². The van der Waals surface area contributed by atoms with E-state index in [0.717, 1.165) is 12.8 Å². The van der Waals surface area contributed by atoms with Gasteiger partial charge in [0.2, 0.25) is 0 Å². The van der Waals surface area contributed by atoms with Gasteiger partial charge in [0.1, 0.15) is 0 Å². The minimum atomic E-state index is -3.49. The zero-order chi connectivity index (χ0) is 9.45. The summed E-state index contributed by atoms with van der Waals surface area (Å²) in [4.78, 5) is 0. The van der Waals surface area contributed by atoms with E-state index >= 15 is 0 Å². The van der Waals surface area contributed by atoms with Crippen molar-refractivity contribution in [3.63, 3.8) is 0 Å². The summed E-state index contributed by atoms with van der Waals surface area (Å²) in [5.41, 5.74) is 0. The smallest absolute Gasteiger partial charge is 0.202 e. The first kappa shape index (κ1) is 12.2. The molecule has 1 N–H and O–H groups in total. The summed E-state index contributed by atoms with van der Waals surface area (Å²) in [6, 6.07) is 0. The van der Waals surface area contributed by atoms with E-state index in [0.29, 0.717) is 6.54 Å². The highest BCUT2D eigenvalue weighted by Crippen LogP contribution is 2.01. The fourth-order valence-electron chi connectivity index (χ4n) is 0.923. The summed E-state index contributed by atoms with van der Waals surface area (Å²) in [5, 5.41) is 0. The monoisotopic (exact) mass is 213 g/mol. The van der Waals surface area contributed by atoms with Crippen LogP contribution in [0, 0.1) is 0 Å². The maximum Gasteiger partial charge on any atom is 0.297 e. The van der Waals surface area contributed by atoms with Crippen LogP contribution in [0.4, 0.5) is 0 Å². The van der Waals surface area contributed by atoms with Crippen molar-refractivity contribution in [2.75, 3.05) is 6.54 Å². The second-order valence-electron chi connectivity index (χ2n) is 2.75. The first-order valence-electron chi connectivity index (χ1n) is 4.25. The molecule has 74 valence electrons. The van der Waals surface area contributed by atoms with Gasteiger partial charge in [-0.2, -0.15) is 8.42 Å². The van der Waals surface area contributed by atoms with Crippen molar-refractivity contribution >= 4 is 19.9 Å². The van der Waals surface area contributed by atoms with Crippen LogP contribution in [0.2, 0.25) is 0 Å². The van der Waals surface area contributed by atoms with Gasteiger partial charge in [0.05, 0.1) is 0 Å². The summed E-state index contributed by atoms with van der Waals surface area (Å²) >= 11 is 0. The van der Waals surface area contributed by atoms with Gasteiger partial charge in [0.15, 0.2) is 0 Å². The Labute approximate surface area is 79.0 Å². The van der Waals surface area contributed by atoms with Crippen LogP contribution in [0.3, 0.4) is 0 Å². The molecule has 0 aromatic rings. The van der Waals surface area contributed by atoms with E-state index in [-0.39, 0.29) is 0 Å². The van der Waals surface area contributed by atoms with Crippen LogP contribution in [0.1, 0.15) is 39.0 Å². The molecular weight excluding hydrogens is 198 g/mol. The molecule has 0 saturated heterocycles. The lowest BCUT2D eigenvalue weighted by atomic mass is 10.2. The Hall–Kier alpha value is 0.200. The van der Waals surface area contributed by atoms with Crippen LogP contribution in [-0.4, -0.2) is 15.0 Å². The summed E-state index contributed by atoms with van der Waals surface area (Å²) < 4.78 is 23.0. The highest BCUT2D eigenvalue weighted by Gasteiger charge is 2.00. The molecule has 0 aliphatic heterocycles. The van der Waals surface area contributed by atoms with E-state index in [9.17, 15) is 8.42 Å². The number of rotatable bonds is 7. The van der Waals surface area contributed by atoms with Gasteiger partial charge in [-0.05, 0) is 6.42 Å². The van der Waals surface area contributed by atoms with Gasteiger partial charge < -0.3 is 0 Å². The number of hydrogen-bond acceptors (Lipinski definition) is 2. The number of unbranched alkanes of at least 4 members (excludes halogenated alkanes) is 4. The Morgan fingerprint density at radius 2 is 1.75 bits per heavy atom. The maximum absolute atomic E-state index is 10.4. The number of nitrogens with one attached hydrogen (secondary N) is 1. The molecular formula is C7H16ClNO2S. The van der Waals surface area contributed by atoms with Crippen molar-refractivity contribution in [2.24, 2.45) is 0 Å². The lowest BCUT2D eigenvalue weighted by molar-refractivity contribution is 0.583. The minimum Gasteiger partial charge on any atom is -0.202 e. The second kappa shape index (κ2) is 6.69. The van der Waals surface area contributed by atoms with Crippen molar-refractivity contribution in [3.8, 4) is 0 Å². The molecule has 0 aliphatic carbocycles.